The van der Waals surface area contributed by atoms with Gasteiger partial charge in [0.15, 0.2) is 0 Å². The van der Waals surface area contributed by atoms with Gasteiger partial charge >= 0.3 is 11.9 Å². The Morgan fingerprint density at radius 2 is 1.85 bits per heavy atom. The average Bonchev–Trinajstić information content (AvgIpc) is 2.38. The monoisotopic (exact) mass is 299 g/mol. The number of aliphatic carboxylic acids is 2. The third-order valence-corrected chi connectivity index (χ3v) is 3.61. The van der Waals surface area contributed by atoms with Gasteiger partial charge in [0.1, 0.15) is 6.04 Å². The number of carboxylic acid groups (broad SMARTS) is 2. The molecule has 6 heteroatoms. The first-order valence-electron chi connectivity index (χ1n) is 6.22. The number of hydrogen-bond donors (Lipinski definition) is 2. The standard InChI is InChI=1S/C14H18ClNO4/c1-8-4-5-11(6-12(8)15)16(10(3)14(19)20)7-9(2)13(17)18/h4-6,9-10H,7H2,1-3H3,(H,17,18)(H,19,20). The van der Waals surface area contributed by atoms with Crippen LogP contribution in [-0.2, 0) is 9.59 Å². The van der Waals surface area contributed by atoms with Crippen LogP contribution in [0.5, 0.6) is 0 Å². The number of carbonyl (C=O) groups is 2. The predicted molar refractivity (Wildman–Crippen MR) is 77.4 cm³/mol. The van der Waals surface area contributed by atoms with E-state index in [1.54, 1.807) is 25.1 Å². The van der Waals surface area contributed by atoms with E-state index < -0.39 is 23.9 Å². The molecular weight excluding hydrogens is 282 g/mol. The number of anilines is 1. The molecule has 2 unspecified atom stereocenters. The van der Waals surface area contributed by atoms with E-state index in [4.69, 9.17) is 21.8 Å². The van der Waals surface area contributed by atoms with Gasteiger partial charge < -0.3 is 15.1 Å². The van der Waals surface area contributed by atoms with Crippen LogP contribution in [0.1, 0.15) is 19.4 Å². The van der Waals surface area contributed by atoms with Crippen LogP contribution in [0.15, 0.2) is 18.2 Å². The number of rotatable bonds is 6. The molecule has 1 rings (SSSR count). The van der Waals surface area contributed by atoms with E-state index in [2.05, 4.69) is 0 Å². The van der Waals surface area contributed by atoms with Crippen LogP contribution in [0.3, 0.4) is 0 Å². The molecular formula is C14H18ClNO4. The largest absolute Gasteiger partial charge is 0.481 e. The second-order valence-corrected chi connectivity index (χ2v) is 5.25. The predicted octanol–water partition coefficient (Wildman–Crippen LogP) is 2.65. The van der Waals surface area contributed by atoms with Crippen LogP contribution >= 0.6 is 11.6 Å². The number of benzene rings is 1. The molecule has 0 amide bonds. The zero-order valence-electron chi connectivity index (χ0n) is 11.6. The molecule has 2 atom stereocenters. The number of hydrogen-bond acceptors (Lipinski definition) is 3. The van der Waals surface area contributed by atoms with E-state index in [9.17, 15) is 9.59 Å². The fourth-order valence-electron chi connectivity index (χ4n) is 1.75. The van der Waals surface area contributed by atoms with Gasteiger partial charge in [0.05, 0.1) is 5.92 Å². The lowest BCUT2D eigenvalue weighted by Crippen LogP contribution is -2.43. The third kappa shape index (κ3) is 3.87. The van der Waals surface area contributed by atoms with Crippen molar-refractivity contribution in [2.45, 2.75) is 26.8 Å². The summed E-state index contributed by atoms with van der Waals surface area (Å²) >= 11 is 6.05. The molecule has 0 heterocycles. The number of halogens is 1. The minimum Gasteiger partial charge on any atom is -0.481 e. The molecule has 0 aliphatic rings. The van der Waals surface area contributed by atoms with Gasteiger partial charge in [-0.05, 0) is 31.5 Å². The Labute approximate surface area is 122 Å². The molecule has 0 saturated heterocycles. The summed E-state index contributed by atoms with van der Waals surface area (Å²) in [7, 11) is 0. The van der Waals surface area contributed by atoms with E-state index in [1.807, 2.05) is 6.92 Å². The molecule has 2 N–H and O–H groups in total. The van der Waals surface area contributed by atoms with Gasteiger partial charge in [-0.1, -0.05) is 24.6 Å². The van der Waals surface area contributed by atoms with Crippen molar-refractivity contribution in [1.29, 1.82) is 0 Å². The topological polar surface area (TPSA) is 77.8 Å². The maximum Gasteiger partial charge on any atom is 0.326 e. The lowest BCUT2D eigenvalue weighted by Gasteiger charge is -2.30. The summed E-state index contributed by atoms with van der Waals surface area (Å²) < 4.78 is 0. The highest BCUT2D eigenvalue weighted by atomic mass is 35.5. The van der Waals surface area contributed by atoms with Crippen LogP contribution in [0.25, 0.3) is 0 Å². The van der Waals surface area contributed by atoms with Crippen molar-refractivity contribution in [3.8, 4) is 0 Å². The minimum atomic E-state index is -1.01. The average molecular weight is 300 g/mol. The van der Waals surface area contributed by atoms with Crippen molar-refractivity contribution >= 4 is 29.2 Å². The first-order chi connectivity index (χ1) is 9.23. The van der Waals surface area contributed by atoms with Gasteiger partial charge in [-0.3, -0.25) is 4.79 Å². The fourth-order valence-corrected chi connectivity index (χ4v) is 1.93. The molecule has 0 radical (unpaired) electrons. The van der Waals surface area contributed by atoms with E-state index in [-0.39, 0.29) is 6.54 Å². The summed E-state index contributed by atoms with van der Waals surface area (Å²) in [5, 5.41) is 18.7. The second-order valence-electron chi connectivity index (χ2n) is 4.84. The summed E-state index contributed by atoms with van der Waals surface area (Å²) in [5.74, 6) is -2.66. The quantitative estimate of drug-likeness (QED) is 0.844. The van der Waals surface area contributed by atoms with Crippen molar-refractivity contribution in [2.24, 2.45) is 5.92 Å². The van der Waals surface area contributed by atoms with Crippen molar-refractivity contribution < 1.29 is 19.8 Å². The summed E-state index contributed by atoms with van der Waals surface area (Å²) in [5.41, 5.74) is 1.48. The van der Waals surface area contributed by atoms with Crippen LogP contribution in [-0.4, -0.2) is 34.7 Å². The molecule has 0 saturated carbocycles. The third-order valence-electron chi connectivity index (χ3n) is 3.20. The van der Waals surface area contributed by atoms with E-state index >= 15 is 0 Å². The second kappa shape index (κ2) is 6.61. The Balaban J connectivity index is 3.12. The van der Waals surface area contributed by atoms with Crippen LogP contribution in [0.4, 0.5) is 5.69 Å². The Bertz CT molecular complexity index is 518. The minimum absolute atomic E-state index is 0.0994. The molecule has 0 aromatic heterocycles. The first-order valence-corrected chi connectivity index (χ1v) is 6.60. The van der Waals surface area contributed by atoms with Crippen LogP contribution in [0.2, 0.25) is 5.02 Å². The lowest BCUT2D eigenvalue weighted by atomic mass is 10.1. The van der Waals surface area contributed by atoms with Gasteiger partial charge in [0.25, 0.3) is 0 Å². The number of nitrogens with zero attached hydrogens (tertiary/aromatic N) is 1. The van der Waals surface area contributed by atoms with Gasteiger partial charge in [0.2, 0.25) is 0 Å². The Kier molecular flexibility index (Phi) is 5.39. The number of aryl methyl sites for hydroxylation is 1. The molecule has 1 aromatic rings. The highest BCUT2D eigenvalue weighted by Crippen LogP contribution is 2.25. The van der Waals surface area contributed by atoms with Crippen molar-refractivity contribution in [2.75, 3.05) is 11.4 Å². The zero-order chi connectivity index (χ0) is 15.4. The molecule has 0 fully saturated rings. The maximum atomic E-state index is 11.2. The Morgan fingerprint density at radius 1 is 1.25 bits per heavy atom. The molecule has 0 aliphatic carbocycles. The highest BCUT2D eigenvalue weighted by molar-refractivity contribution is 6.31. The summed E-state index contributed by atoms with van der Waals surface area (Å²) in [6, 6.07) is 4.35. The highest BCUT2D eigenvalue weighted by Gasteiger charge is 2.25. The van der Waals surface area contributed by atoms with E-state index in [1.165, 1.54) is 11.8 Å². The van der Waals surface area contributed by atoms with Crippen molar-refractivity contribution in [3.63, 3.8) is 0 Å². The van der Waals surface area contributed by atoms with Gasteiger partial charge in [-0.25, -0.2) is 4.79 Å². The van der Waals surface area contributed by atoms with Gasteiger partial charge in [0, 0.05) is 17.3 Å². The maximum absolute atomic E-state index is 11.2. The summed E-state index contributed by atoms with van der Waals surface area (Å²) in [6.45, 7) is 5.00. The zero-order valence-corrected chi connectivity index (χ0v) is 12.4. The van der Waals surface area contributed by atoms with Gasteiger partial charge in [-0.2, -0.15) is 0 Å². The van der Waals surface area contributed by atoms with E-state index in [0.717, 1.165) is 5.56 Å². The summed E-state index contributed by atoms with van der Waals surface area (Å²) in [4.78, 5) is 23.7. The van der Waals surface area contributed by atoms with Crippen LogP contribution < -0.4 is 4.90 Å². The fraction of sp³-hybridized carbons (Fsp3) is 0.429. The lowest BCUT2D eigenvalue weighted by molar-refractivity contribution is -0.142. The first kappa shape index (κ1) is 16.3. The van der Waals surface area contributed by atoms with E-state index in [0.29, 0.717) is 10.7 Å². The molecule has 0 bridgehead atoms. The van der Waals surface area contributed by atoms with Crippen LogP contribution in [0, 0.1) is 12.8 Å². The molecule has 110 valence electrons. The van der Waals surface area contributed by atoms with Gasteiger partial charge in [-0.15, -0.1) is 0 Å². The smallest absolute Gasteiger partial charge is 0.326 e. The molecule has 0 spiro atoms. The Morgan fingerprint density at radius 3 is 2.30 bits per heavy atom. The molecule has 5 nitrogen and oxygen atoms in total. The Hall–Kier alpha value is -1.75. The van der Waals surface area contributed by atoms with Crippen molar-refractivity contribution in [3.05, 3.63) is 28.8 Å². The summed E-state index contributed by atoms with van der Waals surface area (Å²) in [6.07, 6.45) is 0. The SMILES string of the molecule is Cc1ccc(N(CC(C)C(=O)O)C(C)C(=O)O)cc1Cl. The number of carboxylic acids is 2. The normalized spacial score (nSPS) is 13.6. The van der Waals surface area contributed by atoms with Crippen molar-refractivity contribution in [1.82, 2.24) is 0 Å². The molecule has 20 heavy (non-hydrogen) atoms. The molecule has 0 aliphatic heterocycles. The molecule has 1 aromatic carbocycles.